The highest BCUT2D eigenvalue weighted by Gasteiger charge is 2.14. The van der Waals surface area contributed by atoms with Gasteiger partial charge in [0, 0.05) is 6.20 Å². The van der Waals surface area contributed by atoms with Crippen molar-refractivity contribution in [2.24, 2.45) is 0 Å². The molecule has 2 heteroatoms. The molecular formula is C11H11NO. The van der Waals surface area contributed by atoms with Crippen molar-refractivity contribution in [2.45, 2.75) is 12.5 Å². The molecule has 0 aromatic carbocycles. The molecule has 0 saturated heterocycles. The Balaban J connectivity index is 2.18. The summed E-state index contributed by atoms with van der Waals surface area (Å²) >= 11 is 0. The minimum Gasteiger partial charge on any atom is -0.382 e. The molecule has 0 spiro atoms. The molecule has 1 unspecified atom stereocenters. The van der Waals surface area contributed by atoms with Gasteiger partial charge in [-0.05, 0) is 24.1 Å². The summed E-state index contributed by atoms with van der Waals surface area (Å²) in [5.74, 6) is 0. The Bertz CT molecular complexity index is 340. The average molecular weight is 173 g/mol. The van der Waals surface area contributed by atoms with Crippen LogP contribution in [0.2, 0.25) is 0 Å². The molecule has 0 aliphatic heterocycles. The Labute approximate surface area is 77.2 Å². The van der Waals surface area contributed by atoms with Crippen LogP contribution in [-0.2, 0) is 0 Å². The third kappa shape index (κ3) is 1.68. The molecule has 2 rings (SSSR count). The van der Waals surface area contributed by atoms with E-state index in [4.69, 9.17) is 0 Å². The van der Waals surface area contributed by atoms with Crippen LogP contribution in [0.15, 0.2) is 48.2 Å². The van der Waals surface area contributed by atoms with Crippen LogP contribution >= 0.6 is 0 Å². The van der Waals surface area contributed by atoms with Gasteiger partial charge < -0.3 is 5.11 Å². The second-order valence-electron chi connectivity index (χ2n) is 3.03. The number of hydrogen-bond acceptors (Lipinski definition) is 2. The lowest BCUT2D eigenvalue weighted by atomic mass is 10.1. The summed E-state index contributed by atoms with van der Waals surface area (Å²) in [7, 11) is 0. The predicted molar refractivity (Wildman–Crippen MR) is 51.0 cm³/mol. The Morgan fingerprint density at radius 1 is 1.38 bits per heavy atom. The van der Waals surface area contributed by atoms with Crippen LogP contribution in [0, 0.1) is 0 Å². The first kappa shape index (κ1) is 8.20. The molecule has 0 bridgehead atoms. The number of aliphatic hydroxyl groups is 1. The molecule has 1 atom stereocenters. The monoisotopic (exact) mass is 173 g/mol. The van der Waals surface area contributed by atoms with E-state index < -0.39 is 6.10 Å². The van der Waals surface area contributed by atoms with Gasteiger partial charge in [-0.3, -0.25) is 4.98 Å². The van der Waals surface area contributed by atoms with E-state index in [9.17, 15) is 5.11 Å². The highest BCUT2D eigenvalue weighted by Crippen LogP contribution is 2.25. The van der Waals surface area contributed by atoms with Gasteiger partial charge in [-0.2, -0.15) is 0 Å². The molecule has 13 heavy (non-hydrogen) atoms. The fraction of sp³-hybridized carbons (Fsp3) is 0.182. The molecular weight excluding hydrogens is 162 g/mol. The smallest absolute Gasteiger partial charge is 0.118 e. The van der Waals surface area contributed by atoms with Crippen molar-refractivity contribution < 1.29 is 5.11 Å². The van der Waals surface area contributed by atoms with Gasteiger partial charge in [-0.1, -0.05) is 24.3 Å². The maximum Gasteiger partial charge on any atom is 0.118 e. The summed E-state index contributed by atoms with van der Waals surface area (Å²) in [5.41, 5.74) is 1.73. The highest BCUT2D eigenvalue weighted by atomic mass is 16.3. The topological polar surface area (TPSA) is 33.1 Å². The molecule has 1 aliphatic rings. The average Bonchev–Trinajstić information content (AvgIpc) is 2.71. The Hall–Kier alpha value is -1.41. The first-order valence-corrected chi connectivity index (χ1v) is 4.32. The molecule has 1 aromatic heterocycles. The molecule has 1 heterocycles. The van der Waals surface area contributed by atoms with Gasteiger partial charge in [0.2, 0.25) is 0 Å². The lowest BCUT2D eigenvalue weighted by Crippen LogP contribution is -2.01. The second kappa shape index (κ2) is 3.54. The predicted octanol–water partition coefficient (Wildman–Crippen LogP) is 2.00. The van der Waals surface area contributed by atoms with Gasteiger partial charge in [0.05, 0.1) is 5.69 Å². The fourth-order valence-electron chi connectivity index (χ4n) is 1.39. The van der Waals surface area contributed by atoms with Crippen molar-refractivity contribution in [1.29, 1.82) is 0 Å². The van der Waals surface area contributed by atoms with E-state index in [1.54, 1.807) is 6.20 Å². The van der Waals surface area contributed by atoms with Crippen molar-refractivity contribution in [3.8, 4) is 0 Å². The van der Waals surface area contributed by atoms with Crippen molar-refractivity contribution in [1.82, 2.24) is 4.98 Å². The van der Waals surface area contributed by atoms with E-state index in [0.717, 1.165) is 17.7 Å². The molecule has 1 N–H and O–H groups in total. The van der Waals surface area contributed by atoms with E-state index >= 15 is 0 Å². The third-order valence-electron chi connectivity index (χ3n) is 2.12. The second-order valence-corrected chi connectivity index (χ2v) is 3.03. The SMILES string of the molecule is OC(C1=CC=CC1)c1ccccn1. The lowest BCUT2D eigenvalue weighted by molar-refractivity contribution is 0.209. The third-order valence-corrected chi connectivity index (χ3v) is 2.12. The standard InChI is InChI=1S/C11H11NO/c13-11(9-5-1-2-6-9)10-7-3-4-8-12-10/h1-5,7-8,11,13H,6H2. The molecule has 2 nitrogen and oxygen atoms in total. The maximum absolute atomic E-state index is 9.85. The zero-order valence-corrected chi connectivity index (χ0v) is 7.22. The summed E-state index contributed by atoms with van der Waals surface area (Å²) < 4.78 is 0. The Morgan fingerprint density at radius 2 is 2.31 bits per heavy atom. The minimum atomic E-state index is -0.545. The maximum atomic E-state index is 9.85. The van der Waals surface area contributed by atoms with Crippen LogP contribution in [0.4, 0.5) is 0 Å². The summed E-state index contributed by atoms with van der Waals surface area (Å²) in [4.78, 5) is 4.10. The van der Waals surface area contributed by atoms with Crippen LogP contribution in [-0.4, -0.2) is 10.1 Å². The summed E-state index contributed by atoms with van der Waals surface area (Å²) in [5, 5.41) is 9.85. The van der Waals surface area contributed by atoms with Crippen molar-refractivity contribution in [3.63, 3.8) is 0 Å². The van der Waals surface area contributed by atoms with E-state index in [-0.39, 0.29) is 0 Å². The normalized spacial score (nSPS) is 17.2. The van der Waals surface area contributed by atoms with Crippen LogP contribution in [0.1, 0.15) is 18.2 Å². The number of allylic oxidation sites excluding steroid dienone is 3. The number of aliphatic hydroxyl groups excluding tert-OH is 1. The quantitative estimate of drug-likeness (QED) is 0.742. The first-order chi connectivity index (χ1) is 6.38. The van der Waals surface area contributed by atoms with Crippen LogP contribution < -0.4 is 0 Å². The van der Waals surface area contributed by atoms with Gasteiger partial charge in [-0.15, -0.1) is 0 Å². The molecule has 0 amide bonds. The molecule has 1 aliphatic carbocycles. The van der Waals surface area contributed by atoms with Gasteiger partial charge in [0.15, 0.2) is 0 Å². The largest absolute Gasteiger partial charge is 0.382 e. The summed E-state index contributed by atoms with van der Waals surface area (Å²) in [6.45, 7) is 0. The van der Waals surface area contributed by atoms with E-state index in [1.807, 2.05) is 36.4 Å². The number of hydrogen-bond donors (Lipinski definition) is 1. The molecule has 0 fully saturated rings. The molecule has 0 saturated carbocycles. The van der Waals surface area contributed by atoms with E-state index in [0.29, 0.717) is 0 Å². The Morgan fingerprint density at radius 3 is 2.92 bits per heavy atom. The summed E-state index contributed by atoms with van der Waals surface area (Å²) in [6, 6.07) is 5.57. The Kier molecular flexibility index (Phi) is 2.23. The van der Waals surface area contributed by atoms with Crippen molar-refractivity contribution in [2.75, 3.05) is 0 Å². The van der Waals surface area contributed by atoms with Gasteiger partial charge in [0.1, 0.15) is 6.10 Å². The van der Waals surface area contributed by atoms with Gasteiger partial charge >= 0.3 is 0 Å². The minimum absolute atomic E-state index is 0.545. The number of pyridine rings is 1. The first-order valence-electron chi connectivity index (χ1n) is 4.32. The highest BCUT2D eigenvalue weighted by molar-refractivity contribution is 5.29. The molecule has 66 valence electrons. The number of rotatable bonds is 2. The van der Waals surface area contributed by atoms with E-state index in [1.165, 1.54) is 0 Å². The zero-order chi connectivity index (χ0) is 9.10. The molecule has 1 aromatic rings. The van der Waals surface area contributed by atoms with Gasteiger partial charge in [-0.25, -0.2) is 0 Å². The molecule has 0 radical (unpaired) electrons. The van der Waals surface area contributed by atoms with Gasteiger partial charge in [0.25, 0.3) is 0 Å². The zero-order valence-electron chi connectivity index (χ0n) is 7.22. The lowest BCUT2D eigenvalue weighted by Gasteiger charge is -2.10. The summed E-state index contributed by atoms with van der Waals surface area (Å²) in [6.07, 6.45) is 7.91. The number of aromatic nitrogens is 1. The van der Waals surface area contributed by atoms with Crippen LogP contribution in [0.3, 0.4) is 0 Å². The fourth-order valence-corrected chi connectivity index (χ4v) is 1.39. The number of nitrogens with zero attached hydrogens (tertiary/aromatic N) is 1. The van der Waals surface area contributed by atoms with Crippen LogP contribution in [0.5, 0.6) is 0 Å². The van der Waals surface area contributed by atoms with Crippen molar-refractivity contribution in [3.05, 3.63) is 53.9 Å². The van der Waals surface area contributed by atoms with Crippen LogP contribution in [0.25, 0.3) is 0 Å². The van der Waals surface area contributed by atoms with E-state index in [2.05, 4.69) is 4.98 Å². The van der Waals surface area contributed by atoms with Crippen molar-refractivity contribution >= 4 is 0 Å².